The Morgan fingerprint density at radius 1 is 1.15 bits per heavy atom. The van der Waals surface area contributed by atoms with E-state index in [1.54, 1.807) is 37.3 Å². The molecule has 0 aliphatic carbocycles. The van der Waals surface area contributed by atoms with Crippen LogP contribution < -0.4 is 25.0 Å². The zero-order valence-electron chi connectivity index (χ0n) is 18.8. The molecule has 180 valence electrons. The molecule has 0 saturated carbocycles. The lowest BCUT2D eigenvalue weighted by Gasteiger charge is -2.13. The molecule has 0 spiro atoms. The van der Waals surface area contributed by atoms with Gasteiger partial charge in [-0.3, -0.25) is 9.59 Å². The summed E-state index contributed by atoms with van der Waals surface area (Å²) in [6.45, 7) is 3.64. The molecule has 0 bridgehead atoms. The Morgan fingerprint density at radius 3 is 2.62 bits per heavy atom. The standard InChI is InChI=1S/C24H25NO8S/c1-3-30-19-6-4-5-7-20(19)33-24-15(2)32-21-12-17(8-9-18(21)23(24)27)31-13-22(26)25-16-10-11-34(28,29)14-16/h4-9,12,16H,3,10-11,13-14H2,1-2H3,(H,25,26)/t16-/m1/s1. The van der Waals surface area contributed by atoms with Gasteiger partial charge in [-0.05, 0) is 44.5 Å². The molecular weight excluding hydrogens is 462 g/mol. The minimum atomic E-state index is -3.08. The van der Waals surface area contributed by atoms with Gasteiger partial charge < -0.3 is 23.9 Å². The first-order chi connectivity index (χ1) is 16.3. The van der Waals surface area contributed by atoms with E-state index in [1.807, 2.05) is 13.0 Å². The highest BCUT2D eigenvalue weighted by Gasteiger charge is 2.29. The van der Waals surface area contributed by atoms with Crippen LogP contribution in [0.5, 0.6) is 23.0 Å². The molecule has 10 heteroatoms. The van der Waals surface area contributed by atoms with Crippen molar-refractivity contribution in [3.8, 4) is 23.0 Å². The van der Waals surface area contributed by atoms with E-state index in [0.29, 0.717) is 35.7 Å². The zero-order chi connectivity index (χ0) is 24.3. The van der Waals surface area contributed by atoms with Crippen molar-refractivity contribution in [2.45, 2.75) is 26.3 Å². The van der Waals surface area contributed by atoms with Gasteiger partial charge in [-0.1, -0.05) is 12.1 Å². The fourth-order valence-corrected chi connectivity index (χ4v) is 5.40. The van der Waals surface area contributed by atoms with Crippen LogP contribution in [0.15, 0.2) is 51.7 Å². The summed E-state index contributed by atoms with van der Waals surface area (Å²) >= 11 is 0. The summed E-state index contributed by atoms with van der Waals surface area (Å²) in [4.78, 5) is 25.2. The smallest absolute Gasteiger partial charge is 0.258 e. The predicted molar refractivity (Wildman–Crippen MR) is 126 cm³/mol. The molecule has 2 aromatic carbocycles. The number of sulfone groups is 1. The van der Waals surface area contributed by atoms with Crippen LogP contribution in [0.3, 0.4) is 0 Å². The monoisotopic (exact) mass is 487 g/mol. The highest BCUT2D eigenvalue weighted by molar-refractivity contribution is 7.91. The van der Waals surface area contributed by atoms with E-state index in [4.69, 9.17) is 18.6 Å². The Balaban J connectivity index is 1.48. The number of carbonyl (C=O) groups is 1. The fraction of sp³-hybridized carbons (Fsp3) is 0.333. The van der Waals surface area contributed by atoms with Crippen molar-refractivity contribution in [1.29, 1.82) is 0 Å². The lowest BCUT2D eigenvalue weighted by Crippen LogP contribution is -2.38. The third kappa shape index (κ3) is 5.33. The molecule has 1 aromatic heterocycles. The van der Waals surface area contributed by atoms with E-state index in [2.05, 4.69) is 5.32 Å². The molecule has 34 heavy (non-hydrogen) atoms. The Kier molecular flexibility index (Phi) is 6.78. The van der Waals surface area contributed by atoms with Crippen molar-refractivity contribution < 1.29 is 31.8 Å². The fourth-order valence-electron chi connectivity index (χ4n) is 3.72. The van der Waals surface area contributed by atoms with Crippen molar-refractivity contribution in [2.75, 3.05) is 24.7 Å². The van der Waals surface area contributed by atoms with Gasteiger partial charge >= 0.3 is 0 Å². The number of hydrogen-bond donors (Lipinski definition) is 1. The van der Waals surface area contributed by atoms with E-state index in [1.165, 1.54) is 6.07 Å². The van der Waals surface area contributed by atoms with Crippen LogP contribution in [-0.4, -0.2) is 45.1 Å². The second kappa shape index (κ2) is 9.76. The van der Waals surface area contributed by atoms with Gasteiger partial charge in [0, 0.05) is 12.1 Å². The normalized spacial score (nSPS) is 16.8. The molecule has 3 aromatic rings. The lowest BCUT2D eigenvalue weighted by molar-refractivity contribution is -0.123. The van der Waals surface area contributed by atoms with Gasteiger partial charge in [0.25, 0.3) is 5.91 Å². The molecule has 1 N–H and O–H groups in total. The van der Waals surface area contributed by atoms with Crippen LogP contribution in [-0.2, 0) is 14.6 Å². The van der Waals surface area contributed by atoms with Crippen molar-refractivity contribution in [1.82, 2.24) is 5.32 Å². The number of nitrogens with one attached hydrogen (secondary N) is 1. The van der Waals surface area contributed by atoms with Gasteiger partial charge in [0.05, 0.1) is 23.5 Å². The van der Waals surface area contributed by atoms with Crippen molar-refractivity contribution in [3.63, 3.8) is 0 Å². The summed E-state index contributed by atoms with van der Waals surface area (Å²) in [5.74, 6) is 1.18. The molecule has 1 amide bonds. The van der Waals surface area contributed by atoms with E-state index in [0.717, 1.165) is 0 Å². The van der Waals surface area contributed by atoms with Gasteiger partial charge in [0.1, 0.15) is 17.1 Å². The minimum Gasteiger partial charge on any atom is -0.490 e. The van der Waals surface area contributed by atoms with Gasteiger partial charge in [0.15, 0.2) is 27.9 Å². The van der Waals surface area contributed by atoms with Crippen LogP contribution >= 0.6 is 0 Å². The SMILES string of the molecule is CCOc1ccccc1Oc1c(C)oc2cc(OCC(=O)N[C@@H]3CCS(=O)(=O)C3)ccc2c1=O. The molecule has 1 atom stereocenters. The number of benzene rings is 2. The summed E-state index contributed by atoms with van der Waals surface area (Å²) in [5.41, 5.74) is -0.0653. The first-order valence-corrected chi connectivity index (χ1v) is 12.7. The minimum absolute atomic E-state index is 0.0548. The molecular formula is C24H25NO8S. The van der Waals surface area contributed by atoms with Crippen molar-refractivity contribution in [3.05, 3.63) is 58.4 Å². The molecule has 2 heterocycles. The molecule has 1 aliphatic heterocycles. The van der Waals surface area contributed by atoms with E-state index >= 15 is 0 Å². The predicted octanol–water partition coefficient (Wildman–Crippen LogP) is 2.97. The van der Waals surface area contributed by atoms with Crippen LogP contribution in [0, 0.1) is 6.92 Å². The van der Waals surface area contributed by atoms with E-state index in [9.17, 15) is 18.0 Å². The average molecular weight is 488 g/mol. The van der Waals surface area contributed by atoms with Crippen LogP contribution in [0.25, 0.3) is 11.0 Å². The molecule has 0 unspecified atom stereocenters. The maximum absolute atomic E-state index is 13.1. The Hall–Kier alpha value is -3.53. The Morgan fingerprint density at radius 2 is 1.91 bits per heavy atom. The Labute approximate surface area is 196 Å². The molecule has 1 aliphatic rings. The number of aryl methyl sites for hydroxylation is 1. The molecule has 4 rings (SSSR count). The summed E-state index contributed by atoms with van der Waals surface area (Å²) in [7, 11) is -3.08. The van der Waals surface area contributed by atoms with Gasteiger partial charge in [-0.2, -0.15) is 0 Å². The van der Waals surface area contributed by atoms with Gasteiger partial charge in [-0.25, -0.2) is 8.42 Å². The lowest BCUT2D eigenvalue weighted by atomic mass is 10.2. The molecule has 0 radical (unpaired) electrons. The highest BCUT2D eigenvalue weighted by Crippen LogP contribution is 2.33. The summed E-state index contributed by atoms with van der Waals surface area (Å²) in [6.07, 6.45) is 0.397. The second-order valence-electron chi connectivity index (χ2n) is 7.91. The third-order valence-corrected chi connectivity index (χ3v) is 7.08. The van der Waals surface area contributed by atoms with Crippen LogP contribution in [0.1, 0.15) is 19.1 Å². The van der Waals surface area contributed by atoms with Crippen molar-refractivity contribution in [2.24, 2.45) is 0 Å². The van der Waals surface area contributed by atoms with Crippen LogP contribution in [0.2, 0.25) is 0 Å². The average Bonchev–Trinajstić information content (AvgIpc) is 3.14. The number of amides is 1. The summed E-state index contributed by atoms with van der Waals surface area (Å²) in [6, 6.07) is 11.3. The number of hydrogen-bond acceptors (Lipinski definition) is 8. The highest BCUT2D eigenvalue weighted by atomic mass is 32.2. The second-order valence-corrected chi connectivity index (χ2v) is 10.1. The number of fused-ring (bicyclic) bond motifs is 1. The topological polar surface area (TPSA) is 121 Å². The largest absolute Gasteiger partial charge is 0.490 e. The maximum atomic E-state index is 13.1. The quantitative estimate of drug-likeness (QED) is 0.515. The maximum Gasteiger partial charge on any atom is 0.258 e. The zero-order valence-corrected chi connectivity index (χ0v) is 19.6. The van der Waals surface area contributed by atoms with Crippen molar-refractivity contribution >= 4 is 26.7 Å². The summed E-state index contributed by atoms with van der Waals surface area (Å²) < 4.78 is 45.8. The van der Waals surface area contributed by atoms with Gasteiger partial charge in [-0.15, -0.1) is 0 Å². The summed E-state index contributed by atoms with van der Waals surface area (Å²) in [5, 5.41) is 2.95. The first-order valence-electron chi connectivity index (χ1n) is 10.9. The molecule has 9 nitrogen and oxygen atoms in total. The number of carbonyl (C=O) groups excluding carboxylic acids is 1. The van der Waals surface area contributed by atoms with Gasteiger partial charge in [0.2, 0.25) is 11.2 Å². The molecule has 1 fully saturated rings. The van der Waals surface area contributed by atoms with Crippen LogP contribution in [0.4, 0.5) is 0 Å². The van der Waals surface area contributed by atoms with E-state index < -0.39 is 21.8 Å². The first kappa shape index (κ1) is 23.6. The number of para-hydroxylation sites is 2. The molecule has 1 saturated heterocycles. The number of ether oxygens (including phenoxy) is 3. The third-order valence-electron chi connectivity index (χ3n) is 5.32. The number of rotatable bonds is 8. The Bertz CT molecular complexity index is 1380. The van der Waals surface area contributed by atoms with E-state index in [-0.39, 0.29) is 40.6 Å².